The number of thiophene rings is 1. The highest BCUT2D eigenvalue weighted by atomic mass is 32.1. The molecule has 1 aromatic carbocycles. The van der Waals surface area contributed by atoms with E-state index in [-0.39, 0.29) is 5.91 Å². The number of amides is 1. The van der Waals surface area contributed by atoms with Gasteiger partial charge in [0.05, 0.1) is 13.0 Å². The summed E-state index contributed by atoms with van der Waals surface area (Å²) in [6.45, 7) is 4.82. The van der Waals surface area contributed by atoms with E-state index in [1.54, 1.807) is 11.3 Å². The molecule has 0 spiro atoms. The number of fused-ring (bicyclic) bond motifs is 1. The molecule has 2 heterocycles. The average molecular weight is 298 g/mol. The molecule has 108 valence electrons. The van der Waals surface area contributed by atoms with Crippen molar-refractivity contribution in [3.8, 4) is 0 Å². The maximum Gasteiger partial charge on any atom is 0.224 e. The number of aryl methyl sites for hydroxylation is 2. The Bertz CT molecular complexity index is 766. The van der Waals surface area contributed by atoms with Crippen LogP contribution in [0.15, 0.2) is 36.5 Å². The fourth-order valence-corrected chi connectivity index (χ4v) is 3.43. The van der Waals surface area contributed by atoms with Gasteiger partial charge < -0.3 is 10.3 Å². The van der Waals surface area contributed by atoms with Crippen molar-refractivity contribution in [3.63, 3.8) is 0 Å². The number of hydrogen-bond acceptors (Lipinski definition) is 2. The summed E-state index contributed by atoms with van der Waals surface area (Å²) in [4.78, 5) is 17.8. The van der Waals surface area contributed by atoms with Gasteiger partial charge in [0, 0.05) is 26.9 Å². The number of carbonyl (C=O) groups is 1. The number of aromatic amines is 1. The molecule has 3 rings (SSSR count). The van der Waals surface area contributed by atoms with Crippen LogP contribution < -0.4 is 5.32 Å². The smallest absolute Gasteiger partial charge is 0.224 e. The molecule has 0 aliphatic heterocycles. The van der Waals surface area contributed by atoms with Gasteiger partial charge in [0.1, 0.15) is 0 Å². The standard InChI is InChI=1S/C17H18N2OS/c1-11-7-14(21-12(11)2)10-19-17(20)8-13-9-18-16-6-4-3-5-15(13)16/h3-7,9,18H,8,10H2,1-2H3,(H,19,20). The molecule has 0 bridgehead atoms. The van der Waals surface area contributed by atoms with Crippen LogP contribution >= 0.6 is 11.3 Å². The molecule has 0 saturated heterocycles. The van der Waals surface area contributed by atoms with E-state index in [4.69, 9.17) is 0 Å². The maximum absolute atomic E-state index is 12.1. The minimum atomic E-state index is 0.0588. The summed E-state index contributed by atoms with van der Waals surface area (Å²) in [5, 5.41) is 4.12. The monoisotopic (exact) mass is 298 g/mol. The van der Waals surface area contributed by atoms with Gasteiger partial charge >= 0.3 is 0 Å². The summed E-state index contributed by atoms with van der Waals surface area (Å²) in [6.07, 6.45) is 2.33. The minimum Gasteiger partial charge on any atom is -0.361 e. The van der Waals surface area contributed by atoms with E-state index in [1.165, 1.54) is 15.3 Å². The zero-order valence-corrected chi connectivity index (χ0v) is 13.0. The van der Waals surface area contributed by atoms with Crippen LogP contribution in [0.5, 0.6) is 0 Å². The lowest BCUT2D eigenvalue weighted by Gasteiger charge is -2.03. The number of benzene rings is 1. The van der Waals surface area contributed by atoms with Crippen LogP contribution in [0.2, 0.25) is 0 Å². The van der Waals surface area contributed by atoms with Crippen molar-refractivity contribution < 1.29 is 4.79 Å². The van der Waals surface area contributed by atoms with Gasteiger partial charge in [-0.15, -0.1) is 11.3 Å². The molecular weight excluding hydrogens is 280 g/mol. The first kappa shape index (κ1) is 13.9. The second-order valence-electron chi connectivity index (χ2n) is 5.26. The van der Waals surface area contributed by atoms with E-state index in [1.807, 2.05) is 30.5 Å². The third-order valence-electron chi connectivity index (χ3n) is 3.70. The van der Waals surface area contributed by atoms with E-state index in [2.05, 4.69) is 30.2 Å². The van der Waals surface area contributed by atoms with Crippen molar-refractivity contribution >= 4 is 28.1 Å². The maximum atomic E-state index is 12.1. The fourth-order valence-electron chi connectivity index (χ4n) is 2.44. The van der Waals surface area contributed by atoms with Crippen LogP contribution in [-0.4, -0.2) is 10.9 Å². The van der Waals surface area contributed by atoms with Gasteiger partial charge in [0.25, 0.3) is 0 Å². The highest BCUT2D eigenvalue weighted by Gasteiger charge is 2.09. The number of nitrogens with one attached hydrogen (secondary N) is 2. The zero-order valence-electron chi connectivity index (χ0n) is 12.2. The lowest BCUT2D eigenvalue weighted by molar-refractivity contribution is -0.120. The molecular formula is C17H18N2OS. The zero-order chi connectivity index (χ0) is 14.8. The number of H-pyrrole nitrogens is 1. The second-order valence-corrected chi connectivity index (χ2v) is 6.61. The summed E-state index contributed by atoms with van der Waals surface area (Å²) in [5.74, 6) is 0.0588. The predicted molar refractivity (Wildman–Crippen MR) is 87.6 cm³/mol. The summed E-state index contributed by atoms with van der Waals surface area (Å²) >= 11 is 1.75. The van der Waals surface area contributed by atoms with Crippen molar-refractivity contribution in [2.75, 3.05) is 0 Å². The molecule has 3 nitrogen and oxygen atoms in total. The minimum absolute atomic E-state index is 0.0588. The predicted octanol–water partition coefficient (Wildman–Crippen LogP) is 3.71. The summed E-state index contributed by atoms with van der Waals surface area (Å²) < 4.78 is 0. The van der Waals surface area contributed by atoms with Crippen molar-refractivity contribution in [1.82, 2.24) is 10.3 Å². The number of rotatable bonds is 4. The summed E-state index contributed by atoms with van der Waals surface area (Å²) in [6, 6.07) is 10.2. The van der Waals surface area contributed by atoms with Crippen molar-refractivity contribution in [3.05, 3.63) is 57.4 Å². The Labute approximate surface area is 128 Å². The fraction of sp³-hybridized carbons (Fsp3) is 0.235. The first-order valence-corrected chi connectivity index (χ1v) is 7.83. The van der Waals surface area contributed by atoms with Crippen molar-refractivity contribution in [2.45, 2.75) is 26.8 Å². The molecule has 2 N–H and O–H groups in total. The third kappa shape index (κ3) is 3.00. The molecule has 0 aliphatic carbocycles. The third-order valence-corrected chi connectivity index (χ3v) is 4.86. The molecule has 21 heavy (non-hydrogen) atoms. The second kappa shape index (κ2) is 5.74. The number of hydrogen-bond donors (Lipinski definition) is 2. The summed E-state index contributed by atoms with van der Waals surface area (Å²) in [7, 11) is 0. The topological polar surface area (TPSA) is 44.9 Å². The van der Waals surface area contributed by atoms with E-state index < -0.39 is 0 Å². The van der Waals surface area contributed by atoms with Crippen LogP contribution in [-0.2, 0) is 17.8 Å². The Morgan fingerprint density at radius 2 is 2.10 bits per heavy atom. The van der Waals surface area contributed by atoms with Gasteiger partial charge in [-0.25, -0.2) is 0 Å². The Kier molecular flexibility index (Phi) is 3.80. The van der Waals surface area contributed by atoms with Crippen molar-refractivity contribution in [1.29, 1.82) is 0 Å². The summed E-state index contributed by atoms with van der Waals surface area (Å²) in [5.41, 5.74) is 3.41. The lowest BCUT2D eigenvalue weighted by Crippen LogP contribution is -2.24. The van der Waals surface area contributed by atoms with E-state index >= 15 is 0 Å². The lowest BCUT2D eigenvalue weighted by atomic mass is 10.1. The quantitative estimate of drug-likeness (QED) is 0.758. The van der Waals surface area contributed by atoms with Gasteiger partial charge in [0.2, 0.25) is 5.91 Å². The van der Waals surface area contributed by atoms with Gasteiger partial charge in [0.15, 0.2) is 0 Å². The van der Waals surface area contributed by atoms with E-state index in [0.29, 0.717) is 13.0 Å². The van der Waals surface area contributed by atoms with Crippen LogP contribution in [0.1, 0.15) is 20.9 Å². The van der Waals surface area contributed by atoms with Crippen molar-refractivity contribution in [2.24, 2.45) is 0 Å². The molecule has 2 aromatic heterocycles. The average Bonchev–Trinajstić information content (AvgIpc) is 3.02. The SMILES string of the molecule is Cc1cc(CNC(=O)Cc2c[nH]c3ccccc23)sc1C. The molecule has 0 unspecified atom stereocenters. The van der Waals surface area contributed by atoms with Crippen LogP contribution in [0, 0.1) is 13.8 Å². The normalized spacial score (nSPS) is 11.0. The Hall–Kier alpha value is -2.07. The van der Waals surface area contributed by atoms with E-state index in [0.717, 1.165) is 16.5 Å². The van der Waals surface area contributed by atoms with Gasteiger partial charge in [-0.1, -0.05) is 18.2 Å². The molecule has 3 aromatic rings. The Balaban J connectivity index is 1.64. The molecule has 0 saturated carbocycles. The van der Waals surface area contributed by atoms with Crippen LogP contribution in [0.25, 0.3) is 10.9 Å². The first-order chi connectivity index (χ1) is 10.1. The highest BCUT2D eigenvalue weighted by Crippen LogP contribution is 2.21. The number of para-hydroxylation sites is 1. The highest BCUT2D eigenvalue weighted by molar-refractivity contribution is 7.12. The van der Waals surface area contributed by atoms with Gasteiger partial charge in [-0.2, -0.15) is 0 Å². The Morgan fingerprint density at radius 1 is 1.29 bits per heavy atom. The largest absolute Gasteiger partial charge is 0.361 e. The number of aromatic nitrogens is 1. The molecule has 0 fully saturated rings. The Morgan fingerprint density at radius 3 is 2.86 bits per heavy atom. The van der Waals surface area contributed by atoms with Gasteiger partial charge in [-0.05, 0) is 37.1 Å². The molecule has 0 aliphatic rings. The first-order valence-electron chi connectivity index (χ1n) is 7.01. The van der Waals surface area contributed by atoms with Gasteiger partial charge in [-0.3, -0.25) is 4.79 Å². The molecule has 0 radical (unpaired) electrons. The molecule has 1 amide bonds. The number of carbonyl (C=O) groups excluding carboxylic acids is 1. The molecule has 4 heteroatoms. The van der Waals surface area contributed by atoms with Crippen LogP contribution in [0.4, 0.5) is 0 Å². The molecule has 0 atom stereocenters. The van der Waals surface area contributed by atoms with E-state index in [9.17, 15) is 4.79 Å². The van der Waals surface area contributed by atoms with Crippen LogP contribution in [0.3, 0.4) is 0 Å².